The van der Waals surface area contributed by atoms with E-state index in [9.17, 15) is 9.59 Å². The Labute approximate surface area is 245 Å². The van der Waals surface area contributed by atoms with Gasteiger partial charge < -0.3 is 19.3 Å². The van der Waals surface area contributed by atoms with Gasteiger partial charge in [0.2, 0.25) is 11.8 Å². The highest BCUT2D eigenvalue weighted by Crippen LogP contribution is 2.52. The Balaban J connectivity index is 1.15. The van der Waals surface area contributed by atoms with E-state index in [1.54, 1.807) is 6.92 Å². The Kier molecular flexibility index (Phi) is 5.98. The van der Waals surface area contributed by atoms with Crippen LogP contribution in [0, 0.1) is 0 Å². The second-order valence-corrected chi connectivity index (χ2v) is 13.3. The van der Waals surface area contributed by atoms with Crippen molar-refractivity contribution in [1.82, 2.24) is 24.3 Å². The van der Waals surface area contributed by atoms with E-state index in [4.69, 9.17) is 16.6 Å². The molecular formula is C32H37ClN6O2. The number of hydrogen-bond acceptors (Lipinski definition) is 5. The fourth-order valence-corrected chi connectivity index (χ4v) is 8.23. The van der Waals surface area contributed by atoms with Gasteiger partial charge in [-0.05, 0) is 82.2 Å². The maximum Gasteiger partial charge on any atom is 0.238 e. The first kappa shape index (κ1) is 25.7. The number of amides is 2. The van der Waals surface area contributed by atoms with Crippen molar-refractivity contribution >= 4 is 40.1 Å². The molecule has 1 spiro atoms. The number of carbonyl (C=O) groups is 2. The number of hydrogen-bond donors (Lipinski definition) is 0. The molecule has 1 aromatic carbocycles. The lowest BCUT2D eigenvalue weighted by Crippen LogP contribution is -2.58. The Hall–Kier alpha value is -2.97. The van der Waals surface area contributed by atoms with Crippen LogP contribution in [0.5, 0.6) is 0 Å². The van der Waals surface area contributed by atoms with Crippen LogP contribution in [0.15, 0.2) is 30.6 Å². The number of nitrogens with zero attached hydrogens (tertiary/aromatic N) is 6. The van der Waals surface area contributed by atoms with Crippen LogP contribution < -0.4 is 4.90 Å². The van der Waals surface area contributed by atoms with Gasteiger partial charge in [-0.15, -0.1) is 0 Å². The lowest BCUT2D eigenvalue weighted by Gasteiger charge is -2.48. The van der Waals surface area contributed by atoms with E-state index >= 15 is 0 Å². The smallest absolute Gasteiger partial charge is 0.238 e. The lowest BCUT2D eigenvalue weighted by molar-refractivity contribution is -0.134. The lowest BCUT2D eigenvalue weighted by atomic mass is 9.73. The molecule has 0 radical (unpaired) electrons. The zero-order valence-corrected chi connectivity index (χ0v) is 24.4. The number of benzene rings is 1. The Morgan fingerprint density at radius 2 is 1.73 bits per heavy atom. The van der Waals surface area contributed by atoms with Gasteiger partial charge in [0.25, 0.3) is 0 Å². The molecule has 0 bridgehead atoms. The van der Waals surface area contributed by atoms with Gasteiger partial charge in [0.15, 0.2) is 5.15 Å². The molecule has 41 heavy (non-hydrogen) atoms. The highest BCUT2D eigenvalue weighted by Gasteiger charge is 2.55. The van der Waals surface area contributed by atoms with E-state index in [1.165, 1.54) is 32.4 Å². The SMILES string of the molecule is CC(=O)N1CCC2(CC1)C(=O)N(C1CC(N3CCCCC3)C1)c1cc(-c3cc4ncn(C5CC5)c4c(Cl)n3)ccc12. The van der Waals surface area contributed by atoms with Crippen molar-refractivity contribution in [3.8, 4) is 11.3 Å². The van der Waals surface area contributed by atoms with Crippen molar-refractivity contribution in [2.24, 2.45) is 0 Å². The maximum absolute atomic E-state index is 14.4. The zero-order valence-electron chi connectivity index (χ0n) is 23.7. The molecule has 0 N–H and O–H groups in total. The van der Waals surface area contributed by atoms with Gasteiger partial charge in [0.1, 0.15) is 5.52 Å². The summed E-state index contributed by atoms with van der Waals surface area (Å²) in [5, 5.41) is 0.478. The summed E-state index contributed by atoms with van der Waals surface area (Å²) in [6, 6.07) is 9.69. The minimum Gasteiger partial charge on any atom is -0.343 e. The molecule has 9 heteroatoms. The van der Waals surface area contributed by atoms with Crippen molar-refractivity contribution < 1.29 is 9.59 Å². The summed E-state index contributed by atoms with van der Waals surface area (Å²) in [4.78, 5) is 42.7. The van der Waals surface area contributed by atoms with Gasteiger partial charge in [0, 0.05) is 49.4 Å². The van der Waals surface area contributed by atoms with E-state index in [2.05, 4.69) is 37.5 Å². The molecule has 2 saturated carbocycles. The second-order valence-electron chi connectivity index (χ2n) is 12.9. The summed E-state index contributed by atoms with van der Waals surface area (Å²) < 4.78 is 2.16. The first-order valence-electron chi connectivity index (χ1n) is 15.4. The largest absolute Gasteiger partial charge is 0.343 e. The van der Waals surface area contributed by atoms with Crippen molar-refractivity contribution in [3.05, 3.63) is 41.3 Å². The number of carbonyl (C=O) groups excluding carboxylic acids is 2. The summed E-state index contributed by atoms with van der Waals surface area (Å²) >= 11 is 6.75. The number of halogens is 1. The molecule has 3 aliphatic heterocycles. The van der Waals surface area contributed by atoms with Crippen LogP contribution >= 0.6 is 11.6 Å². The van der Waals surface area contributed by atoms with E-state index in [0.29, 0.717) is 43.2 Å². The third-order valence-electron chi connectivity index (χ3n) is 10.6. The summed E-state index contributed by atoms with van der Waals surface area (Å²) in [6.07, 6.45) is 11.5. The van der Waals surface area contributed by atoms with Crippen LogP contribution in [0.2, 0.25) is 5.15 Å². The molecule has 4 fully saturated rings. The van der Waals surface area contributed by atoms with Gasteiger partial charge in [-0.25, -0.2) is 9.97 Å². The minimum atomic E-state index is -0.561. The average molecular weight is 573 g/mol. The van der Waals surface area contributed by atoms with Crippen molar-refractivity contribution in [1.29, 1.82) is 0 Å². The van der Waals surface area contributed by atoms with Gasteiger partial charge in [0.05, 0.1) is 23.0 Å². The molecule has 2 aliphatic carbocycles. The summed E-state index contributed by atoms with van der Waals surface area (Å²) in [6.45, 7) is 5.23. The quantitative estimate of drug-likeness (QED) is 0.395. The van der Waals surface area contributed by atoms with Crippen molar-refractivity contribution in [2.45, 2.75) is 88.3 Å². The Bertz CT molecular complexity index is 1540. The van der Waals surface area contributed by atoms with Gasteiger partial charge >= 0.3 is 0 Å². The highest BCUT2D eigenvalue weighted by molar-refractivity contribution is 6.34. The third kappa shape index (κ3) is 4.04. The molecule has 8 rings (SSSR count). The fraction of sp³-hybridized carbons (Fsp3) is 0.562. The predicted octanol–water partition coefficient (Wildman–Crippen LogP) is 5.33. The summed E-state index contributed by atoms with van der Waals surface area (Å²) in [5.41, 5.74) is 5.08. The normalized spacial score (nSPS) is 26.0. The number of rotatable bonds is 4. The summed E-state index contributed by atoms with van der Waals surface area (Å²) in [7, 11) is 0. The molecular weight excluding hydrogens is 536 g/mol. The topological polar surface area (TPSA) is 74.6 Å². The Morgan fingerprint density at radius 1 is 0.976 bits per heavy atom. The van der Waals surface area contributed by atoms with Crippen LogP contribution in [0.4, 0.5) is 5.69 Å². The number of likely N-dealkylation sites (tertiary alicyclic amines) is 2. The minimum absolute atomic E-state index is 0.0866. The van der Waals surface area contributed by atoms with Crippen LogP contribution in [-0.2, 0) is 15.0 Å². The number of anilines is 1. The highest BCUT2D eigenvalue weighted by atomic mass is 35.5. The predicted molar refractivity (Wildman–Crippen MR) is 159 cm³/mol. The molecule has 5 aliphatic rings. The first-order chi connectivity index (χ1) is 19.9. The van der Waals surface area contributed by atoms with Crippen molar-refractivity contribution in [3.63, 3.8) is 0 Å². The molecule has 2 aromatic heterocycles. The number of aromatic nitrogens is 3. The second kappa shape index (κ2) is 9.53. The molecule has 5 heterocycles. The van der Waals surface area contributed by atoms with Crippen LogP contribution in [0.1, 0.15) is 76.3 Å². The number of imidazole rings is 1. The number of piperidine rings is 2. The molecule has 0 unspecified atom stereocenters. The van der Waals surface area contributed by atoms with Gasteiger partial charge in [-0.2, -0.15) is 0 Å². The fourth-order valence-electron chi connectivity index (χ4n) is 7.94. The molecule has 214 valence electrons. The maximum atomic E-state index is 14.4. The van der Waals surface area contributed by atoms with E-state index in [0.717, 1.165) is 59.2 Å². The molecule has 2 saturated heterocycles. The molecule has 0 atom stereocenters. The average Bonchev–Trinajstić information content (AvgIpc) is 3.68. The zero-order chi connectivity index (χ0) is 27.9. The number of fused-ring (bicyclic) bond motifs is 3. The Morgan fingerprint density at radius 3 is 2.44 bits per heavy atom. The van der Waals surface area contributed by atoms with Gasteiger partial charge in [-0.1, -0.05) is 30.2 Å². The monoisotopic (exact) mass is 572 g/mol. The van der Waals surface area contributed by atoms with Crippen LogP contribution in [0.25, 0.3) is 22.3 Å². The molecule has 8 nitrogen and oxygen atoms in total. The van der Waals surface area contributed by atoms with E-state index in [1.807, 2.05) is 17.3 Å². The van der Waals surface area contributed by atoms with Crippen molar-refractivity contribution in [2.75, 3.05) is 31.1 Å². The standard InChI is InChI=1S/C32H37ClN6O2/c1-20(40)36-13-9-32(10-14-36)25-8-5-21(26-18-27-29(30(33)35-26)38(19-34-27)22-6-7-22)15-28(25)39(31(32)41)24-16-23(17-24)37-11-3-2-4-12-37/h5,8,15,18-19,22-24H,2-4,6-7,9-14,16-17H2,1H3. The van der Waals surface area contributed by atoms with Crippen LogP contribution in [0.3, 0.4) is 0 Å². The number of pyridine rings is 1. The summed E-state index contributed by atoms with van der Waals surface area (Å²) in [5.74, 6) is 0.308. The van der Waals surface area contributed by atoms with Gasteiger partial charge in [-0.3, -0.25) is 9.59 Å². The van der Waals surface area contributed by atoms with E-state index < -0.39 is 5.41 Å². The third-order valence-corrected chi connectivity index (χ3v) is 10.8. The molecule has 2 amide bonds. The van der Waals surface area contributed by atoms with E-state index in [-0.39, 0.29) is 17.9 Å². The molecule has 3 aromatic rings. The first-order valence-corrected chi connectivity index (χ1v) is 15.8. The van der Waals surface area contributed by atoms with Crippen LogP contribution in [-0.4, -0.2) is 74.4 Å².